The van der Waals surface area contributed by atoms with Gasteiger partial charge < -0.3 is 4.74 Å². The van der Waals surface area contributed by atoms with Gasteiger partial charge in [0, 0.05) is 11.1 Å². The van der Waals surface area contributed by atoms with Gasteiger partial charge in [-0.25, -0.2) is 13.2 Å². The smallest absolute Gasteiger partial charge is 0.194 e. The van der Waals surface area contributed by atoms with Crippen LogP contribution in [0, 0.1) is 24.4 Å². The molecule has 0 aliphatic rings. The number of hydrogen-bond acceptors (Lipinski definition) is 1. The normalized spacial score (nSPS) is 12.3. The minimum absolute atomic E-state index is 0.130. The second-order valence-electron chi connectivity index (χ2n) is 4.37. The van der Waals surface area contributed by atoms with Gasteiger partial charge >= 0.3 is 0 Å². The maximum Gasteiger partial charge on any atom is 0.194 e. The fraction of sp³-hybridized carbons (Fsp3) is 0.200. The number of rotatable bonds is 3. The Hall–Kier alpha value is -1.68. The van der Waals surface area contributed by atoms with Gasteiger partial charge in [0.1, 0.15) is 5.75 Å². The molecule has 0 aliphatic carbocycles. The summed E-state index contributed by atoms with van der Waals surface area (Å²) in [5.41, 5.74) is 1.27. The first-order chi connectivity index (χ1) is 9.45. The standard InChI is InChI=1S/C15H12ClF3O/c1-8-3-6-12(20-2)10(7-8)13(16)9-4-5-11(17)15(19)14(9)18/h3-7,13H,1-2H3. The lowest BCUT2D eigenvalue weighted by atomic mass is 10.0. The van der Waals surface area contributed by atoms with E-state index in [2.05, 4.69) is 0 Å². The molecule has 0 radical (unpaired) electrons. The minimum Gasteiger partial charge on any atom is -0.496 e. The summed E-state index contributed by atoms with van der Waals surface area (Å²) >= 11 is 6.21. The van der Waals surface area contributed by atoms with Crippen molar-refractivity contribution in [3.8, 4) is 5.75 Å². The minimum atomic E-state index is -1.53. The zero-order chi connectivity index (χ0) is 14.9. The molecule has 0 saturated carbocycles. The van der Waals surface area contributed by atoms with Crippen LogP contribution in [0.25, 0.3) is 0 Å². The molecule has 2 aromatic carbocycles. The molecule has 20 heavy (non-hydrogen) atoms. The third-order valence-corrected chi connectivity index (χ3v) is 3.47. The summed E-state index contributed by atoms with van der Waals surface area (Å²) in [5, 5.41) is -0.972. The molecule has 0 N–H and O–H groups in total. The van der Waals surface area contributed by atoms with Crippen LogP contribution in [0.2, 0.25) is 0 Å². The van der Waals surface area contributed by atoms with E-state index in [1.54, 1.807) is 12.1 Å². The van der Waals surface area contributed by atoms with E-state index in [0.29, 0.717) is 11.3 Å². The predicted molar refractivity (Wildman–Crippen MR) is 71.7 cm³/mol. The van der Waals surface area contributed by atoms with Gasteiger partial charge in [-0.05, 0) is 19.1 Å². The third-order valence-electron chi connectivity index (χ3n) is 3.00. The van der Waals surface area contributed by atoms with E-state index in [0.717, 1.165) is 17.7 Å². The van der Waals surface area contributed by atoms with Crippen LogP contribution in [-0.4, -0.2) is 7.11 Å². The number of alkyl halides is 1. The topological polar surface area (TPSA) is 9.23 Å². The maximum atomic E-state index is 13.8. The first-order valence-corrected chi connectivity index (χ1v) is 6.31. The molecule has 0 amide bonds. The fourth-order valence-electron chi connectivity index (χ4n) is 1.96. The second-order valence-corrected chi connectivity index (χ2v) is 4.81. The zero-order valence-electron chi connectivity index (χ0n) is 10.9. The Balaban J connectivity index is 2.54. The molecule has 0 spiro atoms. The van der Waals surface area contributed by atoms with Gasteiger partial charge in [-0.1, -0.05) is 23.8 Å². The first kappa shape index (κ1) is 14.7. The number of hydrogen-bond donors (Lipinski definition) is 0. The largest absolute Gasteiger partial charge is 0.496 e. The summed E-state index contributed by atoms with van der Waals surface area (Å²) in [4.78, 5) is 0. The van der Waals surface area contributed by atoms with Gasteiger partial charge in [0.05, 0.1) is 12.5 Å². The molecular formula is C15H12ClF3O. The number of benzene rings is 2. The second kappa shape index (κ2) is 5.75. The van der Waals surface area contributed by atoms with Crippen LogP contribution < -0.4 is 4.74 Å². The van der Waals surface area contributed by atoms with Crippen molar-refractivity contribution < 1.29 is 17.9 Å². The molecule has 0 aliphatic heterocycles. The molecule has 0 aromatic heterocycles. The lowest BCUT2D eigenvalue weighted by Crippen LogP contribution is -2.03. The van der Waals surface area contributed by atoms with Crippen molar-refractivity contribution in [2.24, 2.45) is 0 Å². The Bertz CT molecular complexity index is 643. The number of methoxy groups -OCH3 is 1. The van der Waals surface area contributed by atoms with Gasteiger partial charge in [0.25, 0.3) is 0 Å². The molecule has 0 fully saturated rings. The highest BCUT2D eigenvalue weighted by Crippen LogP contribution is 2.37. The first-order valence-electron chi connectivity index (χ1n) is 5.87. The predicted octanol–water partition coefficient (Wildman–Crippen LogP) is 4.75. The van der Waals surface area contributed by atoms with Gasteiger partial charge in [-0.15, -0.1) is 11.6 Å². The van der Waals surface area contributed by atoms with Crippen LogP contribution in [0.5, 0.6) is 5.75 Å². The van der Waals surface area contributed by atoms with Gasteiger partial charge in [0.2, 0.25) is 0 Å². The summed E-state index contributed by atoms with van der Waals surface area (Å²) in [6.07, 6.45) is 0. The molecule has 2 aromatic rings. The van der Waals surface area contributed by atoms with E-state index >= 15 is 0 Å². The summed E-state index contributed by atoms with van der Waals surface area (Å²) in [6, 6.07) is 7.21. The van der Waals surface area contributed by atoms with E-state index in [1.807, 2.05) is 13.0 Å². The average molecular weight is 301 g/mol. The third kappa shape index (κ3) is 2.61. The van der Waals surface area contributed by atoms with Crippen LogP contribution >= 0.6 is 11.6 Å². The molecule has 0 bridgehead atoms. The van der Waals surface area contributed by atoms with E-state index in [-0.39, 0.29) is 5.56 Å². The summed E-state index contributed by atoms with van der Waals surface area (Å²) < 4.78 is 45.2. The van der Waals surface area contributed by atoms with Crippen molar-refractivity contribution in [3.05, 3.63) is 64.5 Å². The van der Waals surface area contributed by atoms with Gasteiger partial charge in [0.15, 0.2) is 17.5 Å². The molecule has 0 saturated heterocycles. The van der Waals surface area contributed by atoms with Gasteiger partial charge in [-0.2, -0.15) is 0 Å². The van der Waals surface area contributed by atoms with Crippen LogP contribution in [0.1, 0.15) is 22.1 Å². The lowest BCUT2D eigenvalue weighted by Gasteiger charge is -2.16. The van der Waals surface area contributed by atoms with E-state index in [1.165, 1.54) is 7.11 Å². The molecule has 106 valence electrons. The highest BCUT2D eigenvalue weighted by atomic mass is 35.5. The zero-order valence-corrected chi connectivity index (χ0v) is 11.6. The molecule has 1 atom stereocenters. The Morgan fingerprint density at radius 2 is 1.70 bits per heavy atom. The Labute approximate surface area is 119 Å². The molecular weight excluding hydrogens is 289 g/mol. The van der Waals surface area contributed by atoms with Crippen molar-refractivity contribution in [2.45, 2.75) is 12.3 Å². The Morgan fingerprint density at radius 1 is 1.00 bits per heavy atom. The fourth-order valence-corrected chi connectivity index (χ4v) is 2.30. The lowest BCUT2D eigenvalue weighted by molar-refractivity contribution is 0.409. The summed E-state index contributed by atoms with van der Waals surface area (Å²) in [5.74, 6) is -3.60. The molecule has 2 rings (SSSR count). The molecule has 1 nitrogen and oxygen atoms in total. The number of ether oxygens (including phenoxy) is 1. The van der Waals surface area contributed by atoms with E-state index in [9.17, 15) is 13.2 Å². The molecule has 5 heteroatoms. The summed E-state index contributed by atoms with van der Waals surface area (Å²) in [7, 11) is 1.46. The highest BCUT2D eigenvalue weighted by molar-refractivity contribution is 6.22. The van der Waals surface area contributed by atoms with Crippen molar-refractivity contribution >= 4 is 11.6 Å². The van der Waals surface area contributed by atoms with E-state index < -0.39 is 22.8 Å². The van der Waals surface area contributed by atoms with Crippen molar-refractivity contribution in [1.29, 1.82) is 0 Å². The number of halogens is 4. The van der Waals surface area contributed by atoms with Crippen molar-refractivity contribution in [3.63, 3.8) is 0 Å². The summed E-state index contributed by atoms with van der Waals surface area (Å²) in [6.45, 7) is 1.84. The molecule has 1 unspecified atom stereocenters. The van der Waals surface area contributed by atoms with Crippen molar-refractivity contribution in [2.75, 3.05) is 7.11 Å². The van der Waals surface area contributed by atoms with Gasteiger partial charge in [-0.3, -0.25) is 0 Å². The van der Waals surface area contributed by atoms with Crippen LogP contribution in [0.15, 0.2) is 30.3 Å². The monoisotopic (exact) mass is 300 g/mol. The van der Waals surface area contributed by atoms with Crippen LogP contribution in [0.3, 0.4) is 0 Å². The average Bonchev–Trinajstić information content (AvgIpc) is 2.44. The van der Waals surface area contributed by atoms with E-state index in [4.69, 9.17) is 16.3 Å². The molecule has 0 heterocycles. The van der Waals surface area contributed by atoms with Crippen LogP contribution in [0.4, 0.5) is 13.2 Å². The quantitative estimate of drug-likeness (QED) is 0.587. The maximum absolute atomic E-state index is 13.8. The SMILES string of the molecule is COc1ccc(C)cc1C(Cl)c1ccc(F)c(F)c1F. The Morgan fingerprint density at radius 3 is 2.35 bits per heavy atom. The Kier molecular flexibility index (Phi) is 4.23. The van der Waals surface area contributed by atoms with Crippen LogP contribution in [-0.2, 0) is 0 Å². The highest BCUT2D eigenvalue weighted by Gasteiger charge is 2.23. The van der Waals surface area contributed by atoms with Crippen molar-refractivity contribution in [1.82, 2.24) is 0 Å². The number of aryl methyl sites for hydroxylation is 1.